The van der Waals surface area contributed by atoms with Crippen molar-refractivity contribution in [2.24, 2.45) is 5.73 Å². The fourth-order valence-electron chi connectivity index (χ4n) is 4.23. The average molecular weight is 536 g/mol. The number of nitrogens with two attached hydrogens (primary N) is 1. The molecule has 2 aromatic carbocycles. The lowest BCUT2D eigenvalue weighted by Gasteiger charge is -2.20. The summed E-state index contributed by atoms with van der Waals surface area (Å²) < 4.78 is 60.1. The van der Waals surface area contributed by atoms with Crippen molar-refractivity contribution in [2.75, 3.05) is 47.3 Å². The van der Waals surface area contributed by atoms with Gasteiger partial charge >= 0.3 is 0 Å². The maximum atomic E-state index is 12.8. The summed E-state index contributed by atoms with van der Waals surface area (Å²) in [7, 11) is 1.08. The molecule has 1 saturated heterocycles. The zero-order valence-electron chi connectivity index (χ0n) is 22.1. The van der Waals surface area contributed by atoms with Gasteiger partial charge in [0.2, 0.25) is 5.75 Å². The summed E-state index contributed by atoms with van der Waals surface area (Å²) in [6, 6.07) is 7.18. The van der Waals surface area contributed by atoms with E-state index in [0.717, 1.165) is 24.7 Å². The van der Waals surface area contributed by atoms with E-state index in [1.165, 1.54) is 0 Å². The fourth-order valence-corrected chi connectivity index (χ4v) is 5.08. The molecule has 204 valence electrons. The van der Waals surface area contributed by atoms with E-state index >= 15 is 0 Å². The monoisotopic (exact) mass is 535 g/mol. The summed E-state index contributed by atoms with van der Waals surface area (Å²) >= 11 is 0. The van der Waals surface area contributed by atoms with Gasteiger partial charge in [-0.15, -0.1) is 0 Å². The molecule has 0 unspecified atom stereocenters. The van der Waals surface area contributed by atoms with Crippen LogP contribution in [0.3, 0.4) is 0 Å². The van der Waals surface area contributed by atoms with E-state index in [1.54, 1.807) is 45.6 Å². The van der Waals surface area contributed by atoms with Gasteiger partial charge in [0.25, 0.3) is 0 Å². The molecule has 0 amide bonds. The van der Waals surface area contributed by atoms with Crippen LogP contribution in [0, 0.1) is 0 Å². The lowest BCUT2D eigenvalue weighted by Crippen LogP contribution is -2.09. The van der Waals surface area contributed by atoms with Crippen LogP contribution < -0.4 is 29.4 Å². The van der Waals surface area contributed by atoms with Crippen molar-refractivity contribution >= 4 is 9.84 Å². The minimum absolute atomic E-state index is 0.0797. The molecule has 3 rings (SSSR count). The van der Waals surface area contributed by atoms with Gasteiger partial charge in [0.05, 0.1) is 40.1 Å². The van der Waals surface area contributed by atoms with E-state index in [-0.39, 0.29) is 29.5 Å². The van der Waals surface area contributed by atoms with Crippen molar-refractivity contribution in [3.63, 3.8) is 0 Å². The second kappa shape index (κ2) is 13.0. The van der Waals surface area contributed by atoms with Crippen LogP contribution in [0.4, 0.5) is 0 Å². The highest BCUT2D eigenvalue weighted by atomic mass is 32.2. The third kappa shape index (κ3) is 6.88. The first-order valence-electron chi connectivity index (χ1n) is 12.2. The second-order valence-corrected chi connectivity index (χ2v) is 10.6. The number of rotatable bonds is 13. The van der Waals surface area contributed by atoms with E-state index in [0.29, 0.717) is 48.1 Å². The van der Waals surface area contributed by atoms with Gasteiger partial charge in [0.15, 0.2) is 32.8 Å². The molecule has 0 radical (unpaired) electrons. The molecule has 0 aromatic heterocycles. The van der Waals surface area contributed by atoms with Crippen LogP contribution in [0.15, 0.2) is 41.3 Å². The predicted octanol–water partition coefficient (Wildman–Crippen LogP) is 4.39. The Kier molecular flexibility index (Phi) is 10.1. The second-order valence-electron chi connectivity index (χ2n) is 8.63. The van der Waals surface area contributed by atoms with E-state index in [4.69, 9.17) is 34.2 Å². The third-order valence-electron chi connectivity index (χ3n) is 5.98. The molecule has 2 atom stereocenters. The normalized spacial score (nSPS) is 17.7. The van der Waals surface area contributed by atoms with Gasteiger partial charge in [-0.05, 0) is 54.7 Å². The van der Waals surface area contributed by atoms with Crippen molar-refractivity contribution in [2.45, 2.75) is 43.3 Å². The van der Waals surface area contributed by atoms with Crippen LogP contribution in [0.2, 0.25) is 0 Å². The Hall–Kier alpha value is -2.95. The number of ether oxygens (including phenoxy) is 6. The maximum absolute atomic E-state index is 12.8. The molecule has 1 fully saturated rings. The summed E-state index contributed by atoms with van der Waals surface area (Å²) in [6.45, 7) is 2.93. The highest BCUT2D eigenvalue weighted by molar-refractivity contribution is 7.90. The molecule has 0 bridgehead atoms. The van der Waals surface area contributed by atoms with Gasteiger partial charge in [-0.1, -0.05) is 19.1 Å². The first-order chi connectivity index (χ1) is 17.8. The lowest BCUT2D eigenvalue weighted by atomic mass is 10.0. The number of benzene rings is 2. The Morgan fingerprint density at radius 2 is 1.49 bits per heavy atom. The number of sulfone groups is 1. The molecular formula is C27H37NO8S. The molecule has 0 saturated carbocycles. The predicted molar refractivity (Wildman–Crippen MR) is 141 cm³/mol. The molecule has 37 heavy (non-hydrogen) atoms. The van der Waals surface area contributed by atoms with Gasteiger partial charge in [0.1, 0.15) is 11.5 Å². The van der Waals surface area contributed by atoms with Crippen LogP contribution in [0.25, 0.3) is 0 Å². The van der Waals surface area contributed by atoms with Crippen molar-refractivity contribution in [1.29, 1.82) is 0 Å². The highest BCUT2D eigenvalue weighted by Gasteiger charge is 2.32. The SMILES string of the molecule is CCCOc1c(OCC=CCN)cc([C@H]2CC[C@H](c3cc(OC)c(OC)c(OC)c3)O2)cc1S(C)(=O)=O. The number of hydrogen-bond donors (Lipinski definition) is 1. The molecule has 1 heterocycles. The van der Waals surface area contributed by atoms with Gasteiger partial charge in [-0.2, -0.15) is 0 Å². The van der Waals surface area contributed by atoms with E-state index in [9.17, 15) is 8.42 Å². The van der Waals surface area contributed by atoms with Crippen LogP contribution in [0.1, 0.15) is 49.5 Å². The standard InChI is InChI=1S/C27H37NO8S/c1-6-12-35-27-24(34-13-8-7-11-28)16-19(17-25(27)37(5,29)30)21-10-9-20(36-21)18-14-22(31-2)26(33-4)23(15-18)32-3/h7-8,14-17,20-21H,6,9-13,28H2,1-5H3/t20-,21-/m1/s1. The zero-order chi connectivity index (χ0) is 27.0. The third-order valence-corrected chi connectivity index (χ3v) is 7.08. The highest BCUT2D eigenvalue weighted by Crippen LogP contribution is 2.48. The summed E-state index contributed by atoms with van der Waals surface area (Å²) in [5, 5.41) is 0. The number of hydrogen-bond acceptors (Lipinski definition) is 9. The van der Waals surface area contributed by atoms with Crippen LogP contribution in [-0.4, -0.2) is 55.8 Å². The molecule has 2 N–H and O–H groups in total. The smallest absolute Gasteiger partial charge is 0.203 e. The van der Waals surface area contributed by atoms with Crippen molar-refractivity contribution in [3.05, 3.63) is 47.5 Å². The zero-order valence-corrected chi connectivity index (χ0v) is 22.9. The fraction of sp³-hybridized carbons (Fsp3) is 0.481. The molecule has 1 aliphatic heterocycles. The minimum Gasteiger partial charge on any atom is -0.493 e. The van der Waals surface area contributed by atoms with Crippen molar-refractivity contribution < 1.29 is 36.8 Å². The van der Waals surface area contributed by atoms with Gasteiger partial charge in [-0.25, -0.2) is 8.42 Å². The first kappa shape index (κ1) is 28.6. The molecule has 0 spiro atoms. The molecule has 2 aromatic rings. The van der Waals surface area contributed by atoms with E-state index < -0.39 is 9.84 Å². The summed E-state index contributed by atoms with van der Waals surface area (Å²) in [4.78, 5) is 0.0797. The van der Waals surface area contributed by atoms with Crippen LogP contribution >= 0.6 is 0 Å². The Morgan fingerprint density at radius 3 is 2.00 bits per heavy atom. The van der Waals surface area contributed by atoms with Crippen molar-refractivity contribution in [3.8, 4) is 28.7 Å². The van der Waals surface area contributed by atoms with Gasteiger partial charge in [0, 0.05) is 12.8 Å². The lowest BCUT2D eigenvalue weighted by molar-refractivity contribution is 0.0435. The van der Waals surface area contributed by atoms with Gasteiger partial charge < -0.3 is 34.2 Å². The molecular weight excluding hydrogens is 498 g/mol. The number of methoxy groups -OCH3 is 3. The van der Waals surface area contributed by atoms with Crippen LogP contribution in [-0.2, 0) is 14.6 Å². The van der Waals surface area contributed by atoms with Crippen molar-refractivity contribution in [1.82, 2.24) is 0 Å². The Morgan fingerprint density at radius 1 is 0.892 bits per heavy atom. The van der Waals surface area contributed by atoms with Gasteiger partial charge in [-0.3, -0.25) is 0 Å². The van der Waals surface area contributed by atoms with E-state index in [2.05, 4.69) is 0 Å². The van der Waals surface area contributed by atoms with Crippen LogP contribution in [0.5, 0.6) is 28.7 Å². The molecule has 1 aliphatic rings. The summed E-state index contributed by atoms with van der Waals surface area (Å²) in [5.74, 6) is 2.17. The average Bonchev–Trinajstić information content (AvgIpc) is 3.38. The maximum Gasteiger partial charge on any atom is 0.203 e. The van der Waals surface area contributed by atoms with E-state index in [1.807, 2.05) is 19.1 Å². The Balaban J connectivity index is 1.97. The largest absolute Gasteiger partial charge is 0.493 e. The first-order valence-corrected chi connectivity index (χ1v) is 14.1. The summed E-state index contributed by atoms with van der Waals surface area (Å²) in [5.41, 5.74) is 7.11. The molecule has 0 aliphatic carbocycles. The Labute approximate surface area is 219 Å². The minimum atomic E-state index is -3.61. The molecule has 10 heteroatoms. The summed E-state index contributed by atoms with van der Waals surface area (Å²) in [6.07, 6.45) is 6.27. The quantitative estimate of drug-likeness (QED) is 0.373. The topological polar surface area (TPSA) is 116 Å². The Bertz CT molecular complexity index is 1170. The molecule has 9 nitrogen and oxygen atoms in total.